The molecule has 0 fully saturated rings. The Labute approximate surface area is 110 Å². The van der Waals surface area contributed by atoms with Crippen molar-refractivity contribution in [1.29, 1.82) is 0 Å². The highest BCUT2D eigenvalue weighted by molar-refractivity contribution is 5.87. The summed E-state index contributed by atoms with van der Waals surface area (Å²) in [6, 6.07) is 7.28. The Morgan fingerprint density at radius 3 is 2.11 bits per heavy atom. The smallest absolute Gasteiger partial charge is 0.335 e. The molecule has 4 nitrogen and oxygen atoms in total. The van der Waals surface area contributed by atoms with Crippen LogP contribution >= 0.6 is 0 Å². The second-order valence-corrected chi connectivity index (χ2v) is 3.96. The third kappa shape index (κ3) is 4.85. The Bertz CT molecular complexity index is 347. The molecule has 0 heterocycles. The van der Waals surface area contributed by atoms with Gasteiger partial charge in [-0.1, -0.05) is 26.0 Å². The first-order valence-electron chi connectivity index (χ1n) is 6.20. The highest BCUT2D eigenvalue weighted by Crippen LogP contribution is 2.17. The Balaban J connectivity index is 0.00000137. The van der Waals surface area contributed by atoms with Crippen molar-refractivity contribution in [2.45, 2.75) is 19.9 Å². The van der Waals surface area contributed by atoms with Crippen LogP contribution in [0.3, 0.4) is 0 Å². The van der Waals surface area contributed by atoms with Gasteiger partial charge in [0, 0.05) is 12.6 Å². The highest BCUT2D eigenvalue weighted by atomic mass is 16.4. The molecule has 0 amide bonds. The zero-order chi connectivity index (χ0) is 14.1. The summed E-state index contributed by atoms with van der Waals surface area (Å²) in [7, 11) is 5.92. The first-order valence-corrected chi connectivity index (χ1v) is 6.20. The number of nitrogens with zero attached hydrogens (tertiary/aromatic N) is 1. The van der Waals surface area contributed by atoms with E-state index in [4.69, 9.17) is 5.11 Å². The van der Waals surface area contributed by atoms with E-state index in [-0.39, 0.29) is 6.04 Å². The van der Waals surface area contributed by atoms with Gasteiger partial charge in [0.2, 0.25) is 0 Å². The second-order valence-electron chi connectivity index (χ2n) is 3.96. The van der Waals surface area contributed by atoms with E-state index in [9.17, 15) is 4.79 Å². The lowest BCUT2D eigenvalue weighted by Gasteiger charge is -2.24. The van der Waals surface area contributed by atoms with Crippen molar-refractivity contribution in [3.63, 3.8) is 0 Å². The van der Waals surface area contributed by atoms with Gasteiger partial charge < -0.3 is 15.3 Å². The van der Waals surface area contributed by atoms with Crippen molar-refractivity contribution < 1.29 is 9.90 Å². The monoisotopic (exact) mass is 252 g/mol. The molecule has 0 aromatic heterocycles. The lowest BCUT2D eigenvalue weighted by Crippen LogP contribution is -2.29. The molecule has 0 radical (unpaired) electrons. The first kappa shape index (κ1) is 16.6. The zero-order valence-corrected chi connectivity index (χ0v) is 11.9. The maximum atomic E-state index is 10.7. The van der Waals surface area contributed by atoms with E-state index in [1.807, 2.05) is 47.1 Å². The van der Waals surface area contributed by atoms with Crippen molar-refractivity contribution in [3.05, 3.63) is 35.4 Å². The summed E-state index contributed by atoms with van der Waals surface area (Å²) in [4.78, 5) is 12.8. The van der Waals surface area contributed by atoms with Gasteiger partial charge in [0.25, 0.3) is 0 Å². The normalized spacial score (nSPS) is 11.7. The highest BCUT2D eigenvalue weighted by Gasteiger charge is 2.13. The summed E-state index contributed by atoms with van der Waals surface area (Å²) in [6.45, 7) is 4.83. The van der Waals surface area contributed by atoms with Crippen LogP contribution in [0.15, 0.2) is 24.3 Å². The number of hydrogen-bond acceptors (Lipinski definition) is 3. The molecular weight excluding hydrogens is 228 g/mol. The molecule has 0 saturated carbocycles. The summed E-state index contributed by atoms with van der Waals surface area (Å²) in [5, 5.41) is 11.9. The van der Waals surface area contributed by atoms with Crippen LogP contribution in [0.4, 0.5) is 0 Å². The summed E-state index contributed by atoms with van der Waals surface area (Å²) in [5.41, 5.74) is 1.44. The van der Waals surface area contributed by atoms with Gasteiger partial charge in [-0.2, -0.15) is 0 Å². The van der Waals surface area contributed by atoms with Gasteiger partial charge in [-0.15, -0.1) is 0 Å². The van der Waals surface area contributed by atoms with Gasteiger partial charge in [0.05, 0.1) is 5.56 Å². The van der Waals surface area contributed by atoms with Gasteiger partial charge in [-0.25, -0.2) is 4.79 Å². The van der Waals surface area contributed by atoms with Crippen molar-refractivity contribution in [1.82, 2.24) is 10.2 Å². The molecule has 102 valence electrons. The van der Waals surface area contributed by atoms with Crippen molar-refractivity contribution in [2.24, 2.45) is 0 Å². The Kier molecular flexibility index (Phi) is 8.00. The van der Waals surface area contributed by atoms with Gasteiger partial charge in [0.15, 0.2) is 0 Å². The largest absolute Gasteiger partial charge is 0.478 e. The van der Waals surface area contributed by atoms with Gasteiger partial charge >= 0.3 is 5.97 Å². The van der Waals surface area contributed by atoms with Gasteiger partial charge in [-0.3, -0.25) is 0 Å². The van der Waals surface area contributed by atoms with E-state index in [0.29, 0.717) is 5.56 Å². The number of carboxylic acid groups (broad SMARTS) is 1. The maximum absolute atomic E-state index is 10.7. The zero-order valence-electron chi connectivity index (χ0n) is 11.9. The third-order valence-corrected chi connectivity index (χ3v) is 2.56. The van der Waals surface area contributed by atoms with E-state index >= 15 is 0 Å². The lowest BCUT2D eigenvalue weighted by molar-refractivity contribution is 0.0697. The number of rotatable bonds is 5. The molecule has 1 aromatic rings. The van der Waals surface area contributed by atoms with E-state index in [1.165, 1.54) is 0 Å². The molecule has 0 aliphatic rings. The van der Waals surface area contributed by atoms with E-state index in [0.717, 1.165) is 12.1 Å². The Morgan fingerprint density at radius 1 is 1.28 bits per heavy atom. The van der Waals surface area contributed by atoms with Crippen molar-refractivity contribution in [2.75, 3.05) is 27.7 Å². The summed E-state index contributed by atoms with van der Waals surface area (Å²) >= 11 is 0. The van der Waals surface area contributed by atoms with Gasteiger partial charge in [-0.05, 0) is 38.8 Å². The van der Waals surface area contributed by atoms with Crippen LogP contribution in [0.1, 0.15) is 35.8 Å². The molecule has 0 aliphatic carbocycles. The minimum absolute atomic E-state index is 0.257. The molecule has 1 atom stereocenters. The van der Waals surface area contributed by atoms with Gasteiger partial charge in [0.1, 0.15) is 0 Å². The second kappa shape index (κ2) is 8.66. The number of benzene rings is 1. The maximum Gasteiger partial charge on any atom is 0.335 e. The fraction of sp³-hybridized carbons (Fsp3) is 0.500. The molecule has 4 heteroatoms. The molecule has 1 unspecified atom stereocenters. The van der Waals surface area contributed by atoms with Crippen LogP contribution in [-0.4, -0.2) is 43.7 Å². The molecule has 0 bridgehead atoms. The Hall–Kier alpha value is -1.39. The minimum Gasteiger partial charge on any atom is -0.478 e. The topological polar surface area (TPSA) is 52.6 Å². The number of carbonyl (C=O) groups is 1. The summed E-state index contributed by atoms with van der Waals surface area (Å²) in [6.07, 6.45) is 0. The molecule has 1 aromatic carbocycles. The molecule has 0 saturated heterocycles. The summed E-state index contributed by atoms with van der Waals surface area (Å²) in [5.74, 6) is -0.887. The average molecular weight is 252 g/mol. The van der Waals surface area contributed by atoms with Crippen LogP contribution in [0.2, 0.25) is 0 Å². The fourth-order valence-corrected chi connectivity index (χ4v) is 1.64. The number of nitrogens with one attached hydrogen (secondary N) is 1. The predicted octanol–water partition coefficient (Wildman–Crippen LogP) is 2.23. The lowest BCUT2D eigenvalue weighted by atomic mass is 10.0. The molecular formula is C14H24N2O2. The quantitative estimate of drug-likeness (QED) is 0.844. The molecule has 1 rings (SSSR count). The number of aromatic carboxylic acids is 1. The molecule has 18 heavy (non-hydrogen) atoms. The van der Waals surface area contributed by atoms with Crippen LogP contribution in [0, 0.1) is 0 Å². The van der Waals surface area contributed by atoms with Crippen LogP contribution < -0.4 is 5.32 Å². The van der Waals surface area contributed by atoms with E-state index < -0.39 is 5.97 Å². The number of likely N-dealkylation sites (N-methyl/N-ethyl adjacent to an activating group) is 2. The SMILES string of the molecule is CC.CNCC(c1ccc(C(=O)O)cc1)N(C)C. The minimum atomic E-state index is -0.887. The predicted molar refractivity (Wildman–Crippen MR) is 75.1 cm³/mol. The third-order valence-electron chi connectivity index (χ3n) is 2.56. The number of hydrogen-bond donors (Lipinski definition) is 2. The molecule has 0 aliphatic heterocycles. The van der Waals surface area contributed by atoms with Crippen LogP contribution in [-0.2, 0) is 0 Å². The number of carboxylic acids is 1. The van der Waals surface area contributed by atoms with Crippen molar-refractivity contribution in [3.8, 4) is 0 Å². The summed E-state index contributed by atoms with van der Waals surface area (Å²) < 4.78 is 0. The molecule has 2 N–H and O–H groups in total. The van der Waals surface area contributed by atoms with Crippen LogP contribution in [0.25, 0.3) is 0 Å². The van der Waals surface area contributed by atoms with Crippen molar-refractivity contribution >= 4 is 5.97 Å². The molecule has 0 spiro atoms. The van der Waals surface area contributed by atoms with E-state index in [1.54, 1.807) is 12.1 Å². The average Bonchev–Trinajstić information content (AvgIpc) is 2.38. The first-order chi connectivity index (χ1) is 8.56. The fourth-order valence-electron chi connectivity index (χ4n) is 1.64. The van der Waals surface area contributed by atoms with E-state index in [2.05, 4.69) is 10.2 Å². The van der Waals surface area contributed by atoms with Crippen LogP contribution in [0.5, 0.6) is 0 Å². The Morgan fingerprint density at radius 2 is 1.78 bits per heavy atom. The standard InChI is InChI=1S/C12H18N2O2.C2H6/c1-13-8-11(14(2)3)9-4-6-10(7-5-9)12(15)16;1-2/h4-7,11,13H,8H2,1-3H3,(H,15,16);1-2H3.